The highest BCUT2D eigenvalue weighted by molar-refractivity contribution is 7.13. The fourth-order valence-electron chi connectivity index (χ4n) is 9.84. The summed E-state index contributed by atoms with van der Waals surface area (Å²) in [6.45, 7) is 13.7. The summed E-state index contributed by atoms with van der Waals surface area (Å²) < 4.78 is 11.8. The number of fused-ring (bicyclic) bond motifs is 1. The van der Waals surface area contributed by atoms with Gasteiger partial charge in [0.1, 0.15) is 24.3 Å². The summed E-state index contributed by atoms with van der Waals surface area (Å²) in [5.74, 6) is 0.143. The van der Waals surface area contributed by atoms with E-state index in [0.717, 1.165) is 91.7 Å². The summed E-state index contributed by atoms with van der Waals surface area (Å²) >= 11 is 1.59. The maximum absolute atomic E-state index is 14.2. The van der Waals surface area contributed by atoms with E-state index in [0.29, 0.717) is 35.5 Å². The predicted octanol–water partition coefficient (Wildman–Crippen LogP) is 5.67. The van der Waals surface area contributed by atoms with Crippen molar-refractivity contribution in [1.29, 1.82) is 0 Å². The minimum absolute atomic E-state index is 0.0605. The van der Waals surface area contributed by atoms with Crippen LogP contribution in [0.1, 0.15) is 75.4 Å². The molecule has 17 heteroatoms. The molecule has 64 heavy (non-hydrogen) atoms. The van der Waals surface area contributed by atoms with Gasteiger partial charge in [0, 0.05) is 63.4 Å². The SMILES string of the molecule is Cc1ncsc1-c1ccc([C@H](C)NC(=O)[C@@H]2C[C@@H](O)CN2C(=O)[C@@H](c2cc(OCCN3CCC(N4CCC5(CC4)CNc4nnc(-c6ccccc6O)cc4N5)C3)no2)C(C)C)cc1. The van der Waals surface area contributed by atoms with E-state index < -0.39 is 18.1 Å². The second-order valence-corrected chi connectivity index (χ2v) is 19.1. The van der Waals surface area contributed by atoms with Gasteiger partial charge in [0.2, 0.25) is 11.8 Å². The van der Waals surface area contributed by atoms with E-state index in [1.165, 1.54) is 4.90 Å². The third kappa shape index (κ3) is 9.16. The van der Waals surface area contributed by atoms with Gasteiger partial charge in [-0.15, -0.1) is 21.5 Å². The summed E-state index contributed by atoms with van der Waals surface area (Å²) in [6.07, 6.45) is 2.43. The number of likely N-dealkylation sites (tertiary alicyclic amines) is 3. The standard InChI is InChI=1S/C47H58N10O6S/c1-28(2)42(46(61)57-25-34(58)21-38(57)45(60)50-29(3)31-9-11-32(12-10-31)43-30(4)49-27-64-43)40-23-41(54-63-40)62-20-19-55-16-13-33(24-55)56-17-14-47(15-18-56)26-48-44-37(51-47)22-36(52-53-44)35-7-5-6-8-39(35)59/h5-12,22-23,27-29,33-34,38,42,51,58-59H,13-21,24-26H2,1-4H3,(H,48,53)(H,50,60)/t29-,33?,34+,38-,42+/m0/s1. The van der Waals surface area contributed by atoms with Gasteiger partial charge in [0.25, 0.3) is 5.88 Å². The molecule has 3 saturated heterocycles. The van der Waals surface area contributed by atoms with Gasteiger partial charge >= 0.3 is 0 Å². The largest absolute Gasteiger partial charge is 0.507 e. The smallest absolute Gasteiger partial charge is 0.254 e. The number of phenolic OH excluding ortho intramolecular Hbond substituents is 1. The first-order valence-corrected chi connectivity index (χ1v) is 23.3. The molecule has 0 aliphatic carbocycles. The first kappa shape index (κ1) is 43.6. The Bertz CT molecular complexity index is 2430. The molecule has 2 aromatic carbocycles. The van der Waals surface area contributed by atoms with E-state index in [2.05, 4.69) is 46.1 Å². The number of carbonyl (C=O) groups is 2. The molecule has 2 amide bonds. The van der Waals surface area contributed by atoms with E-state index in [9.17, 15) is 19.8 Å². The molecule has 5 aromatic rings. The number of aromatic nitrogens is 4. The molecule has 7 heterocycles. The number of aliphatic hydroxyl groups excluding tert-OH is 1. The Morgan fingerprint density at radius 2 is 1.84 bits per heavy atom. The van der Waals surface area contributed by atoms with Crippen molar-refractivity contribution in [2.45, 2.75) is 89.1 Å². The molecule has 3 fully saturated rings. The molecule has 338 valence electrons. The minimum Gasteiger partial charge on any atom is -0.507 e. The van der Waals surface area contributed by atoms with Crippen molar-refractivity contribution in [2.75, 3.05) is 63.1 Å². The zero-order valence-electron chi connectivity index (χ0n) is 36.9. The number of anilines is 2. The Morgan fingerprint density at radius 1 is 1.05 bits per heavy atom. The molecule has 0 radical (unpaired) electrons. The number of ether oxygens (including phenoxy) is 1. The second-order valence-electron chi connectivity index (χ2n) is 18.2. The van der Waals surface area contributed by atoms with Crippen molar-refractivity contribution >= 4 is 34.7 Å². The first-order valence-electron chi connectivity index (χ1n) is 22.5. The lowest BCUT2D eigenvalue weighted by atomic mass is 9.85. The number of amides is 2. The Balaban J connectivity index is 0.743. The molecule has 5 N–H and O–H groups in total. The van der Waals surface area contributed by atoms with Crippen LogP contribution in [0.4, 0.5) is 11.5 Å². The highest BCUT2D eigenvalue weighted by Crippen LogP contribution is 2.39. The lowest BCUT2D eigenvalue weighted by molar-refractivity contribution is -0.141. The number of hydrogen-bond acceptors (Lipinski definition) is 15. The number of aliphatic hydroxyl groups is 1. The highest BCUT2D eigenvalue weighted by Gasteiger charge is 2.44. The van der Waals surface area contributed by atoms with Crippen LogP contribution in [-0.4, -0.2) is 133 Å². The van der Waals surface area contributed by atoms with Crippen LogP contribution in [0.25, 0.3) is 21.7 Å². The first-order chi connectivity index (χ1) is 30.9. The van der Waals surface area contributed by atoms with Crippen molar-refractivity contribution in [2.24, 2.45) is 5.92 Å². The number of nitrogens with one attached hydrogen (secondary N) is 3. The van der Waals surface area contributed by atoms with Gasteiger partial charge in [-0.2, -0.15) is 0 Å². The van der Waals surface area contributed by atoms with Crippen LogP contribution in [0.15, 0.2) is 70.7 Å². The number of piperidine rings is 1. The van der Waals surface area contributed by atoms with Crippen LogP contribution in [0, 0.1) is 12.8 Å². The number of aryl methyl sites for hydroxylation is 1. The Kier molecular flexibility index (Phi) is 12.6. The van der Waals surface area contributed by atoms with Crippen molar-refractivity contribution in [1.82, 2.24) is 40.4 Å². The topological polar surface area (TPSA) is 194 Å². The summed E-state index contributed by atoms with van der Waals surface area (Å²) in [6, 6.07) is 18.2. The minimum atomic E-state index is -0.821. The van der Waals surface area contributed by atoms with E-state index in [1.807, 2.05) is 75.7 Å². The lowest BCUT2D eigenvalue weighted by Gasteiger charge is -2.47. The number of phenols is 1. The van der Waals surface area contributed by atoms with Crippen LogP contribution >= 0.6 is 11.3 Å². The molecular formula is C47H58N10O6S. The molecule has 0 bridgehead atoms. The van der Waals surface area contributed by atoms with Gasteiger partial charge in [-0.05, 0) is 80.1 Å². The van der Waals surface area contributed by atoms with Crippen molar-refractivity contribution in [3.05, 3.63) is 83.2 Å². The van der Waals surface area contributed by atoms with Crippen LogP contribution in [-0.2, 0) is 9.59 Å². The van der Waals surface area contributed by atoms with Crippen LogP contribution in [0.2, 0.25) is 0 Å². The average Bonchev–Trinajstić information content (AvgIpc) is 4.12. The average molecular weight is 891 g/mol. The van der Waals surface area contributed by atoms with Gasteiger partial charge in [-0.3, -0.25) is 19.4 Å². The fourth-order valence-corrected chi connectivity index (χ4v) is 10.6. The third-order valence-corrected chi connectivity index (χ3v) is 14.5. The highest BCUT2D eigenvalue weighted by atomic mass is 32.1. The second kappa shape index (κ2) is 18.5. The third-order valence-electron chi connectivity index (χ3n) is 13.5. The zero-order chi connectivity index (χ0) is 44.5. The number of thiazole rings is 1. The van der Waals surface area contributed by atoms with Crippen LogP contribution in [0.3, 0.4) is 0 Å². The number of hydrogen-bond donors (Lipinski definition) is 5. The summed E-state index contributed by atoms with van der Waals surface area (Å²) in [4.78, 5) is 39.9. The monoisotopic (exact) mass is 890 g/mol. The lowest BCUT2D eigenvalue weighted by Crippen LogP contribution is -2.57. The number of rotatable bonds is 13. The summed E-state index contributed by atoms with van der Waals surface area (Å²) in [5, 5.41) is 44.4. The van der Waals surface area contributed by atoms with E-state index in [1.54, 1.807) is 29.5 Å². The number of β-amino-alcohol motifs (C(OH)–C–C–N with tert-alkyl or cyclic N) is 1. The summed E-state index contributed by atoms with van der Waals surface area (Å²) in [5.41, 5.74) is 6.96. The number of aromatic hydroxyl groups is 1. The van der Waals surface area contributed by atoms with Crippen molar-refractivity contribution in [3.8, 4) is 33.3 Å². The molecule has 1 spiro atoms. The van der Waals surface area contributed by atoms with Gasteiger partial charge in [-0.25, -0.2) is 4.98 Å². The van der Waals surface area contributed by atoms with E-state index >= 15 is 0 Å². The number of nitrogens with zero attached hydrogens (tertiary/aromatic N) is 7. The molecule has 3 aromatic heterocycles. The number of carbonyl (C=O) groups excluding carboxylic acids is 2. The molecular weight excluding hydrogens is 833 g/mol. The normalized spacial score (nSPS) is 21.9. The van der Waals surface area contributed by atoms with Crippen molar-refractivity contribution < 1.29 is 29.1 Å². The predicted molar refractivity (Wildman–Crippen MR) is 244 cm³/mol. The quantitative estimate of drug-likeness (QED) is 0.0971. The molecule has 9 rings (SSSR count). The fraction of sp³-hybridized carbons (Fsp3) is 0.489. The number of benzene rings is 2. The molecule has 5 atom stereocenters. The Labute approximate surface area is 377 Å². The summed E-state index contributed by atoms with van der Waals surface area (Å²) in [7, 11) is 0. The van der Waals surface area contributed by atoms with Crippen molar-refractivity contribution in [3.63, 3.8) is 0 Å². The van der Waals surface area contributed by atoms with Crippen LogP contribution < -0.4 is 20.7 Å². The molecule has 1 unspecified atom stereocenters. The Hall–Kier alpha value is -5.62. The zero-order valence-corrected chi connectivity index (χ0v) is 37.7. The molecule has 4 aliphatic heterocycles. The molecule has 4 aliphatic rings. The van der Waals surface area contributed by atoms with Gasteiger partial charge < -0.3 is 40.3 Å². The van der Waals surface area contributed by atoms with E-state index in [4.69, 9.17) is 9.26 Å². The van der Waals surface area contributed by atoms with Gasteiger partial charge in [-0.1, -0.05) is 50.2 Å². The van der Waals surface area contributed by atoms with Gasteiger partial charge in [0.05, 0.1) is 45.1 Å². The maximum atomic E-state index is 14.2. The number of para-hydroxylation sites is 1. The molecule has 0 saturated carbocycles. The van der Waals surface area contributed by atoms with Gasteiger partial charge in [0.15, 0.2) is 11.6 Å². The Morgan fingerprint density at radius 3 is 2.59 bits per heavy atom. The van der Waals surface area contributed by atoms with Crippen LogP contribution in [0.5, 0.6) is 11.6 Å². The maximum Gasteiger partial charge on any atom is 0.254 e. The molecule has 16 nitrogen and oxygen atoms in total. The van der Waals surface area contributed by atoms with E-state index in [-0.39, 0.29) is 48.0 Å².